The number of carbonyl (C=O) groups excluding carboxylic acids is 2. The zero-order chi connectivity index (χ0) is 33.6. The fourth-order valence-electron chi connectivity index (χ4n) is 7.70. The Bertz CT molecular complexity index is 1280. The molecular formula is C41H58O6. The average molecular weight is 647 g/mol. The first kappa shape index (κ1) is 36.9. The average Bonchev–Trinajstić information content (AvgIpc) is 3.11. The van der Waals surface area contributed by atoms with E-state index in [1.165, 1.54) is 92.5 Å². The number of aliphatic hydroxyl groups is 2. The lowest BCUT2D eigenvalue weighted by molar-refractivity contribution is -0.146. The third kappa shape index (κ3) is 11.3. The van der Waals surface area contributed by atoms with Crippen molar-refractivity contribution in [3.8, 4) is 0 Å². The van der Waals surface area contributed by atoms with Crippen LogP contribution in [0.1, 0.15) is 114 Å². The highest BCUT2D eigenvalue weighted by Crippen LogP contribution is 2.41. The maximum Gasteiger partial charge on any atom is 0.335 e. The van der Waals surface area contributed by atoms with Gasteiger partial charge in [-0.2, -0.15) is 0 Å². The molecule has 0 amide bonds. The summed E-state index contributed by atoms with van der Waals surface area (Å²) in [5.74, 6) is 1.05. The van der Waals surface area contributed by atoms with Crippen LogP contribution in [-0.4, -0.2) is 48.6 Å². The Kier molecular flexibility index (Phi) is 15.0. The van der Waals surface area contributed by atoms with Gasteiger partial charge in [-0.15, -0.1) is 0 Å². The fraction of sp³-hybridized carbons (Fsp3) is 0.610. The van der Waals surface area contributed by atoms with Gasteiger partial charge in [0.05, 0.1) is 37.6 Å². The summed E-state index contributed by atoms with van der Waals surface area (Å²) in [6.45, 7) is 8.64. The molecule has 2 N–H and O–H groups in total. The Morgan fingerprint density at radius 2 is 1.30 bits per heavy atom. The van der Waals surface area contributed by atoms with Crippen molar-refractivity contribution in [3.05, 3.63) is 71.8 Å². The highest BCUT2D eigenvalue weighted by Gasteiger charge is 2.31. The van der Waals surface area contributed by atoms with Gasteiger partial charge in [0.1, 0.15) is 0 Å². The van der Waals surface area contributed by atoms with Gasteiger partial charge in [0.2, 0.25) is 0 Å². The molecular weight excluding hydrogens is 588 g/mol. The van der Waals surface area contributed by atoms with Gasteiger partial charge in [0.15, 0.2) is 0 Å². The van der Waals surface area contributed by atoms with Crippen LogP contribution in [0.3, 0.4) is 0 Å². The number of hydrogen-bond acceptors (Lipinski definition) is 6. The zero-order valence-corrected chi connectivity index (χ0v) is 28.7. The predicted octanol–water partition coefficient (Wildman–Crippen LogP) is 8.62. The van der Waals surface area contributed by atoms with Gasteiger partial charge in [-0.3, -0.25) is 0 Å². The smallest absolute Gasteiger partial charge is 0.335 e. The van der Waals surface area contributed by atoms with E-state index >= 15 is 0 Å². The lowest BCUT2D eigenvalue weighted by Crippen LogP contribution is -2.31. The van der Waals surface area contributed by atoms with E-state index in [0.717, 1.165) is 31.6 Å². The van der Waals surface area contributed by atoms with Crippen LogP contribution in [0, 0.1) is 23.7 Å². The van der Waals surface area contributed by atoms with Crippen molar-refractivity contribution < 1.29 is 29.3 Å². The van der Waals surface area contributed by atoms with Gasteiger partial charge in [-0.25, -0.2) is 9.59 Å². The molecule has 2 fully saturated rings. The lowest BCUT2D eigenvalue weighted by Gasteiger charge is -2.35. The Balaban J connectivity index is 1.20. The summed E-state index contributed by atoms with van der Waals surface area (Å²) < 4.78 is 10.8. The van der Waals surface area contributed by atoms with Gasteiger partial charge < -0.3 is 19.7 Å². The SMILES string of the molecule is C=C(CO)C(=O)OCC(COC(=O)C(=C)CO)C1CCC(CCC2CCC(c3ccc4cc(CCCCCC)ccc4c3)CC2)CC1. The first-order valence-electron chi connectivity index (χ1n) is 18.2. The third-order valence-electron chi connectivity index (χ3n) is 10.9. The standard InChI is InChI=1S/C41H58O6/c1-4-5-6-7-8-33-15-20-38-24-37(22-21-36(38)23-33)34-16-11-31(12-17-34)9-10-32-13-18-35(19-14-32)39(27-46-40(44)29(2)25-42)28-47-41(45)30(3)26-43/h15,20-24,31-32,34-35,39,42-43H,2-14,16-19,25-28H2,1H3. The van der Waals surface area contributed by atoms with E-state index in [1.54, 1.807) is 0 Å². The van der Waals surface area contributed by atoms with E-state index in [4.69, 9.17) is 9.47 Å². The molecule has 0 spiro atoms. The second-order valence-electron chi connectivity index (χ2n) is 14.3. The summed E-state index contributed by atoms with van der Waals surface area (Å²) in [6, 6.07) is 14.2. The first-order chi connectivity index (χ1) is 22.8. The van der Waals surface area contributed by atoms with Crippen molar-refractivity contribution >= 4 is 22.7 Å². The van der Waals surface area contributed by atoms with E-state index < -0.39 is 25.2 Å². The van der Waals surface area contributed by atoms with Gasteiger partial charge in [-0.05, 0) is 96.9 Å². The number of aryl methyl sites for hydroxylation is 1. The Morgan fingerprint density at radius 1 is 0.745 bits per heavy atom. The molecule has 2 saturated carbocycles. The molecule has 2 aromatic rings. The fourth-order valence-corrected chi connectivity index (χ4v) is 7.70. The van der Waals surface area contributed by atoms with Gasteiger partial charge in [0, 0.05) is 5.92 Å². The number of esters is 2. The molecule has 0 bridgehead atoms. The summed E-state index contributed by atoms with van der Waals surface area (Å²) >= 11 is 0. The number of unbranched alkanes of at least 4 members (excludes halogenated alkanes) is 3. The Morgan fingerprint density at radius 3 is 1.87 bits per heavy atom. The highest BCUT2D eigenvalue weighted by atomic mass is 16.5. The number of ether oxygens (including phenoxy) is 2. The van der Waals surface area contributed by atoms with Gasteiger partial charge in [-0.1, -0.05) is 101 Å². The normalized spacial score (nSPS) is 21.4. The van der Waals surface area contributed by atoms with E-state index in [1.807, 2.05) is 0 Å². The van der Waals surface area contributed by atoms with Crippen LogP contribution in [-0.2, 0) is 25.5 Å². The van der Waals surface area contributed by atoms with Crippen molar-refractivity contribution in [1.82, 2.24) is 0 Å². The monoisotopic (exact) mass is 646 g/mol. The Hall–Kier alpha value is -2.96. The van der Waals surface area contributed by atoms with E-state index in [2.05, 4.69) is 56.5 Å². The van der Waals surface area contributed by atoms with Crippen molar-refractivity contribution in [1.29, 1.82) is 0 Å². The first-order valence-corrected chi connectivity index (χ1v) is 18.2. The Labute approximate surface area is 282 Å². The summed E-state index contributed by atoms with van der Waals surface area (Å²) in [5, 5.41) is 21.1. The molecule has 0 aliphatic heterocycles. The molecule has 0 atom stereocenters. The second kappa shape index (κ2) is 19.1. The lowest BCUT2D eigenvalue weighted by atomic mass is 9.72. The maximum atomic E-state index is 12.1. The molecule has 0 unspecified atom stereocenters. The van der Waals surface area contributed by atoms with Crippen LogP contribution >= 0.6 is 0 Å². The molecule has 6 nitrogen and oxygen atoms in total. The summed E-state index contributed by atoms with van der Waals surface area (Å²) in [7, 11) is 0. The van der Waals surface area contributed by atoms with E-state index in [0.29, 0.717) is 11.8 Å². The molecule has 0 saturated heterocycles. The van der Waals surface area contributed by atoms with Crippen LogP contribution in [0.5, 0.6) is 0 Å². The zero-order valence-electron chi connectivity index (χ0n) is 28.7. The van der Waals surface area contributed by atoms with E-state index in [9.17, 15) is 19.8 Å². The second-order valence-corrected chi connectivity index (χ2v) is 14.3. The molecule has 0 aromatic heterocycles. The number of fused-ring (bicyclic) bond motifs is 1. The quantitative estimate of drug-likeness (QED) is 0.0957. The third-order valence-corrected chi connectivity index (χ3v) is 10.9. The molecule has 0 heterocycles. The number of hydrogen-bond donors (Lipinski definition) is 2. The van der Waals surface area contributed by atoms with Gasteiger partial charge >= 0.3 is 11.9 Å². The summed E-state index contributed by atoms with van der Waals surface area (Å²) in [6.07, 6.45) is 18.4. The molecule has 6 heteroatoms. The molecule has 2 aliphatic rings. The van der Waals surface area contributed by atoms with Crippen LogP contribution in [0.25, 0.3) is 10.8 Å². The number of carbonyl (C=O) groups is 2. The minimum Gasteiger partial charge on any atom is -0.462 e. The topological polar surface area (TPSA) is 93.1 Å². The summed E-state index contributed by atoms with van der Waals surface area (Å²) in [4.78, 5) is 24.2. The van der Waals surface area contributed by atoms with Crippen molar-refractivity contribution in [2.24, 2.45) is 23.7 Å². The van der Waals surface area contributed by atoms with Crippen molar-refractivity contribution in [3.63, 3.8) is 0 Å². The molecule has 2 aromatic carbocycles. The largest absolute Gasteiger partial charge is 0.462 e. The predicted molar refractivity (Wildman–Crippen MR) is 189 cm³/mol. The van der Waals surface area contributed by atoms with E-state index in [-0.39, 0.29) is 36.2 Å². The number of rotatable bonds is 18. The maximum absolute atomic E-state index is 12.1. The molecule has 4 rings (SSSR count). The molecule has 47 heavy (non-hydrogen) atoms. The van der Waals surface area contributed by atoms with Crippen molar-refractivity contribution in [2.45, 2.75) is 109 Å². The van der Waals surface area contributed by atoms with Crippen molar-refractivity contribution in [2.75, 3.05) is 26.4 Å². The van der Waals surface area contributed by atoms with Crippen LogP contribution in [0.4, 0.5) is 0 Å². The van der Waals surface area contributed by atoms with Crippen LogP contribution in [0.15, 0.2) is 60.7 Å². The minimum absolute atomic E-state index is 0.00584. The van der Waals surface area contributed by atoms with Gasteiger partial charge in [0.25, 0.3) is 0 Å². The van der Waals surface area contributed by atoms with Crippen LogP contribution in [0.2, 0.25) is 0 Å². The minimum atomic E-state index is -0.630. The molecule has 2 aliphatic carbocycles. The number of benzene rings is 2. The highest BCUT2D eigenvalue weighted by molar-refractivity contribution is 5.88. The number of aliphatic hydroxyl groups excluding tert-OH is 2. The molecule has 0 radical (unpaired) electrons. The summed E-state index contributed by atoms with van der Waals surface area (Å²) in [5.41, 5.74) is 2.99. The van der Waals surface area contributed by atoms with Crippen LogP contribution < -0.4 is 0 Å². The molecule has 258 valence electrons.